The third kappa shape index (κ3) is 4.96. The molecule has 3 rings (SSSR count). The lowest BCUT2D eigenvalue weighted by atomic mass is 10.1. The molecule has 7 nitrogen and oxygen atoms in total. The summed E-state index contributed by atoms with van der Waals surface area (Å²) < 4.78 is 5.95. The first-order valence-electron chi connectivity index (χ1n) is 8.97. The van der Waals surface area contributed by atoms with Gasteiger partial charge in [-0.05, 0) is 37.1 Å². The van der Waals surface area contributed by atoms with Crippen molar-refractivity contribution >= 4 is 40.7 Å². The Hall–Kier alpha value is -2.26. The van der Waals surface area contributed by atoms with Crippen LogP contribution >= 0.6 is 23.1 Å². The van der Waals surface area contributed by atoms with E-state index in [1.807, 2.05) is 30.0 Å². The number of carboxylic acids is 1. The highest BCUT2D eigenvalue weighted by molar-refractivity contribution is 8.01. The fourth-order valence-corrected chi connectivity index (χ4v) is 4.96. The number of aromatic nitrogens is 1. The minimum absolute atomic E-state index is 0.0710. The second kappa shape index (κ2) is 9.29. The van der Waals surface area contributed by atoms with Crippen molar-refractivity contribution in [2.75, 3.05) is 31.3 Å². The van der Waals surface area contributed by atoms with Crippen molar-refractivity contribution in [3.05, 3.63) is 34.8 Å². The van der Waals surface area contributed by atoms with Gasteiger partial charge in [0.05, 0.1) is 7.11 Å². The van der Waals surface area contributed by atoms with Gasteiger partial charge in [0.15, 0.2) is 10.0 Å². The van der Waals surface area contributed by atoms with Crippen LogP contribution in [-0.4, -0.2) is 58.9 Å². The van der Waals surface area contributed by atoms with Gasteiger partial charge in [-0.25, -0.2) is 9.78 Å². The molecule has 0 unspecified atom stereocenters. The van der Waals surface area contributed by atoms with Crippen molar-refractivity contribution in [3.63, 3.8) is 0 Å². The van der Waals surface area contributed by atoms with Crippen LogP contribution in [0.15, 0.2) is 27.9 Å². The number of carbonyl (C=O) groups is 2. The summed E-state index contributed by atoms with van der Waals surface area (Å²) in [5, 5.41) is 13.9. The molecule has 0 bridgehead atoms. The summed E-state index contributed by atoms with van der Waals surface area (Å²) in [6.07, 6.45) is 1.41. The van der Waals surface area contributed by atoms with Crippen LogP contribution in [0.25, 0.3) is 0 Å². The first-order valence-corrected chi connectivity index (χ1v) is 10.8. The summed E-state index contributed by atoms with van der Waals surface area (Å²) in [7, 11) is 1.65. The van der Waals surface area contributed by atoms with Gasteiger partial charge in [-0.15, -0.1) is 11.3 Å². The molecule has 2 heterocycles. The van der Waals surface area contributed by atoms with Crippen molar-refractivity contribution in [3.8, 4) is 5.75 Å². The number of thioether (sulfide) groups is 1. The largest absolute Gasteiger partial charge is 0.497 e. The number of hydrogen-bond acceptors (Lipinski definition) is 7. The Morgan fingerprint density at radius 2 is 2.32 bits per heavy atom. The number of likely N-dealkylation sites (tertiary alicyclic amines) is 1. The molecular weight excluding hydrogens is 398 g/mol. The molecule has 1 atom stereocenters. The molecule has 1 amide bonds. The second-order valence-electron chi connectivity index (χ2n) is 6.49. The Bertz CT molecular complexity index is 855. The van der Waals surface area contributed by atoms with Crippen LogP contribution < -0.4 is 10.1 Å². The fourth-order valence-electron chi connectivity index (χ4n) is 3.16. The molecule has 0 aliphatic carbocycles. The van der Waals surface area contributed by atoms with E-state index in [-0.39, 0.29) is 17.6 Å². The van der Waals surface area contributed by atoms with E-state index in [1.165, 1.54) is 28.5 Å². The first kappa shape index (κ1) is 20.5. The number of carboxylic acid groups (broad SMARTS) is 1. The zero-order valence-corrected chi connectivity index (χ0v) is 17.4. The molecule has 1 fully saturated rings. The molecule has 1 aromatic carbocycles. The van der Waals surface area contributed by atoms with Crippen LogP contribution in [0.5, 0.6) is 5.75 Å². The minimum Gasteiger partial charge on any atom is -0.497 e. The van der Waals surface area contributed by atoms with Crippen molar-refractivity contribution in [2.24, 2.45) is 0 Å². The number of carbonyl (C=O) groups excluding carboxylic acids is 1. The third-order valence-electron chi connectivity index (χ3n) is 4.67. The average molecular weight is 422 g/mol. The Kier molecular flexibility index (Phi) is 6.79. The molecule has 9 heteroatoms. The van der Waals surface area contributed by atoms with E-state index in [0.717, 1.165) is 23.4 Å². The summed E-state index contributed by atoms with van der Waals surface area (Å²) in [5.41, 5.74) is 2.21. The molecule has 150 valence electrons. The standard InChI is InChI=1S/C19H23N3O4S2/c1-12-9-14(26-2)4-5-15(12)20-10-13-3-6-17(23)22(13)7-8-27-19-21-16(11-28-19)18(24)25/h4-5,9,11,13,20H,3,6-8,10H2,1-2H3,(H,24,25)/t13-/m1/s1. The molecule has 1 saturated heterocycles. The predicted octanol–water partition coefficient (Wildman–Crippen LogP) is 3.35. The van der Waals surface area contributed by atoms with Crippen molar-refractivity contribution in [1.29, 1.82) is 0 Å². The van der Waals surface area contributed by atoms with Crippen molar-refractivity contribution in [1.82, 2.24) is 9.88 Å². The number of thiazole rings is 1. The maximum Gasteiger partial charge on any atom is 0.355 e. The quantitative estimate of drug-likeness (QED) is 0.600. The number of anilines is 1. The SMILES string of the molecule is COc1ccc(NC[C@H]2CCC(=O)N2CCSc2nc(C(=O)O)cs2)c(C)c1. The number of rotatable bonds is 9. The number of methoxy groups -OCH3 is 1. The van der Waals surface area contributed by atoms with Crippen LogP contribution in [0.4, 0.5) is 5.69 Å². The van der Waals surface area contributed by atoms with Gasteiger partial charge >= 0.3 is 5.97 Å². The summed E-state index contributed by atoms with van der Waals surface area (Å²) in [6, 6.07) is 6.05. The second-order valence-corrected chi connectivity index (χ2v) is 8.69. The molecular formula is C19H23N3O4S2. The molecule has 0 spiro atoms. The molecule has 1 aromatic heterocycles. The maximum atomic E-state index is 12.3. The van der Waals surface area contributed by atoms with Gasteiger partial charge in [-0.1, -0.05) is 11.8 Å². The molecule has 1 aliphatic heterocycles. The number of ether oxygens (including phenoxy) is 1. The lowest BCUT2D eigenvalue weighted by Crippen LogP contribution is -2.39. The first-order chi connectivity index (χ1) is 13.5. The van der Waals surface area contributed by atoms with Crippen molar-refractivity contribution in [2.45, 2.75) is 30.1 Å². The summed E-state index contributed by atoms with van der Waals surface area (Å²) in [5.74, 6) is 0.670. The van der Waals surface area contributed by atoms with E-state index >= 15 is 0 Å². The smallest absolute Gasteiger partial charge is 0.355 e. The number of aryl methyl sites for hydroxylation is 1. The van der Waals surface area contributed by atoms with Gasteiger partial charge in [-0.2, -0.15) is 0 Å². The molecule has 1 aliphatic rings. The highest BCUT2D eigenvalue weighted by atomic mass is 32.2. The molecule has 0 saturated carbocycles. The number of hydrogen-bond donors (Lipinski definition) is 2. The van der Waals surface area contributed by atoms with Gasteiger partial charge in [-0.3, -0.25) is 4.79 Å². The zero-order chi connectivity index (χ0) is 20.1. The van der Waals surface area contributed by atoms with E-state index in [0.29, 0.717) is 29.6 Å². The predicted molar refractivity (Wildman–Crippen MR) is 111 cm³/mol. The third-order valence-corrected chi connectivity index (χ3v) is 6.68. The lowest BCUT2D eigenvalue weighted by molar-refractivity contribution is -0.128. The monoisotopic (exact) mass is 421 g/mol. The number of nitrogens with one attached hydrogen (secondary N) is 1. The van der Waals surface area contributed by atoms with Gasteiger partial charge in [0.25, 0.3) is 0 Å². The van der Waals surface area contributed by atoms with Crippen LogP contribution in [0, 0.1) is 6.92 Å². The molecule has 0 radical (unpaired) electrons. The maximum absolute atomic E-state index is 12.3. The van der Waals surface area contributed by atoms with Gasteiger partial charge in [0, 0.05) is 42.4 Å². The van der Waals surface area contributed by atoms with Gasteiger partial charge < -0.3 is 20.1 Å². The molecule has 2 N–H and O–H groups in total. The molecule has 28 heavy (non-hydrogen) atoms. The van der Waals surface area contributed by atoms with Crippen LogP contribution in [0.2, 0.25) is 0 Å². The van der Waals surface area contributed by atoms with E-state index in [1.54, 1.807) is 7.11 Å². The van der Waals surface area contributed by atoms with Crippen LogP contribution in [0.3, 0.4) is 0 Å². The van der Waals surface area contributed by atoms with Crippen molar-refractivity contribution < 1.29 is 19.4 Å². The highest BCUT2D eigenvalue weighted by Gasteiger charge is 2.30. The van der Waals surface area contributed by atoms with E-state index in [4.69, 9.17) is 9.84 Å². The average Bonchev–Trinajstić information content (AvgIpc) is 3.28. The van der Waals surface area contributed by atoms with E-state index in [9.17, 15) is 9.59 Å². The Morgan fingerprint density at radius 3 is 3.00 bits per heavy atom. The zero-order valence-electron chi connectivity index (χ0n) is 15.8. The summed E-state index contributed by atoms with van der Waals surface area (Å²) >= 11 is 2.81. The number of aromatic carboxylic acids is 1. The Morgan fingerprint density at radius 1 is 1.50 bits per heavy atom. The number of nitrogens with zero attached hydrogens (tertiary/aromatic N) is 2. The van der Waals surface area contributed by atoms with Crippen LogP contribution in [-0.2, 0) is 4.79 Å². The Labute approximate surface area is 172 Å². The summed E-state index contributed by atoms with van der Waals surface area (Å²) in [4.78, 5) is 29.2. The normalized spacial score (nSPS) is 16.4. The summed E-state index contributed by atoms with van der Waals surface area (Å²) in [6.45, 7) is 3.35. The number of benzene rings is 1. The van der Waals surface area contributed by atoms with E-state index < -0.39 is 5.97 Å². The lowest BCUT2D eigenvalue weighted by Gasteiger charge is -2.25. The van der Waals surface area contributed by atoms with Gasteiger partial charge in [0.2, 0.25) is 5.91 Å². The molecule has 2 aromatic rings. The number of amides is 1. The fraction of sp³-hybridized carbons (Fsp3) is 0.421. The van der Waals surface area contributed by atoms with Gasteiger partial charge in [0.1, 0.15) is 5.75 Å². The van der Waals surface area contributed by atoms with Crippen LogP contribution in [0.1, 0.15) is 28.9 Å². The van der Waals surface area contributed by atoms with E-state index in [2.05, 4.69) is 10.3 Å². The minimum atomic E-state index is -1.02. The Balaban J connectivity index is 1.52. The topological polar surface area (TPSA) is 91.8 Å². The highest BCUT2D eigenvalue weighted by Crippen LogP contribution is 2.26.